The SMILES string of the molecule is COC[C@H](N)c1ccc(Cl)o1. The molecule has 0 aliphatic heterocycles. The van der Waals surface area contributed by atoms with Crippen LogP contribution in [-0.2, 0) is 4.74 Å². The lowest BCUT2D eigenvalue weighted by molar-refractivity contribution is 0.172. The Morgan fingerprint density at radius 3 is 2.91 bits per heavy atom. The van der Waals surface area contributed by atoms with Crippen molar-refractivity contribution in [3.8, 4) is 0 Å². The second-order valence-corrected chi connectivity index (χ2v) is 2.58. The number of methoxy groups -OCH3 is 1. The molecule has 0 saturated carbocycles. The van der Waals surface area contributed by atoms with E-state index in [1.54, 1.807) is 19.2 Å². The van der Waals surface area contributed by atoms with Crippen LogP contribution >= 0.6 is 11.6 Å². The molecule has 1 aromatic rings. The minimum absolute atomic E-state index is 0.229. The van der Waals surface area contributed by atoms with Gasteiger partial charge in [-0.25, -0.2) is 0 Å². The van der Waals surface area contributed by atoms with Gasteiger partial charge in [-0.1, -0.05) is 0 Å². The zero-order chi connectivity index (χ0) is 8.27. The van der Waals surface area contributed by atoms with Crippen molar-refractivity contribution in [2.24, 2.45) is 5.73 Å². The minimum atomic E-state index is -0.229. The third-order valence-corrected chi connectivity index (χ3v) is 1.51. The summed E-state index contributed by atoms with van der Waals surface area (Å²) in [5.41, 5.74) is 5.64. The molecule has 4 heteroatoms. The highest BCUT2D eigenvalue weighted by Gasteiger charge is 2.09. The second-order valence-electron chi connectivity index (χ2n) is 2.20. The molecule has 0 radical (unpaired) electrons. The van der Waals surface area contributed by atoms with Crippen molar-refractivity contribution < 1.29 is 9.15 Å². The summed E-state index contributed by atoms with van der Waals surface area (Å²) in [6, 6.07) is 3.17. The first-order valence-electron chi connectivity index (χ1n) is 3.24. The van der Waals surface area contributed by atoms with E-state index >= 15 is 0 Å². The smallest absolute Gasteiger partial charge is 0.193 e. The molecule has 1 atom stereocenters. The van der Waals surface area contributed by atoms with Crippen LogP contribution in [0.2, 0.25) is 5.22 Å². The zero-order valence-corrected chi connectivity index (χ0v) is 6.97. The van der Waals surface area contributed by atoms with E-state index in [1.807, 2.05) is 0 Å². The molecule has 0 bridgehead atoms. The Labute approximate surface area is 70.1 Å². The number of halogens is 1. The summed E-state index contributed by atoms with van der Waals surface area (Å²) in [7, 11) is 1.59. The van der Waals surface area contributed by atoms with E-state index in [9.17, 15) is 0 Å². The van der Waals surface area contributed by atoms with Crippen LogP contribution in [0.5, 0.6) is 0 Å². The average molecular weight is 176 g/mol. The number of hydrogen-bond acceptors (Lipinski definition) is 3. The first-order chi connectivity index (χ1) is 5.24. The number of hydrogen-bond donors (Lipinski definition) is 1. The Bertz CT molecular complexity index is 224. The normalized spacial score (nSPS) is 13.4. The van der Waals surface area contributed by atoms with Gasteiger partial charge in [-0.2, -0.15) is 0 Å². The summed E-state index contributed by atoms with van der Waals surface area (Å²) in [5.74, 6) is 0.650. The van der Waals surface area contributed by atoms with Crippen LogP contribution in [-0.4, -0.2) is 13.7 Å². The third kappa shape index (κ3) is 2.22. The van der Waals surface area contributed by atoms with Crippen LogP contribution in [0.25, 0.3) is 0 Å². The Balaban J connectivity index is 2.60. The quantitative estimate of drug-likeness (QED) is 0.759. The fourth-order valence-electron chi connectivity index (χ4n) is 0.789. The van der Waals surface area contributed by atoms with Gasteiger partial charge in [-0.15, -0.1) is 0 Å². The lowest BCUT2D eigenvalue weighted by Crippen LogP contribution is -2.14. The monoisotopic (exact) mass is 175 g/mol. The van der Waals surface area contributed by atoms with Crippen molar-refractivity contribution in [2.75, 3.05) is 13.7 Å². The molecule has 0 spiro atoms. The van der Waals surface area contributed by atoms with Crippen LogP contribution in [0.1, 0.15) is 11.8 Å². The maximum Gasteiger partial charge on any atom is 0.193 e. The first kappa shape index (κ1) is 8.59. The summed E-state index contributed by atoms with van der Waals surface area (Å²) in [6.07, 6.45) is 0. The van der Waals surface area contributed by atoms with E-state index in [1.165, 1.54) is 0 Å². The van der Waals surface area contributed by atoms with Crippen molar-refractivity contribution in [3.05, 3.63) is 23.1 Å². The molecule has 2 N–H and O–H groups in total. The van der Waals surface area contributed by atoms with Crippen LogP contribution in [0.4, 0.5) is 0 Å². The van der Waals surface area contributed by atoms with Crippen molar-refractivity contribution in [2.45, 2.75) is 6.04 Å². The summed E-state index contributed by atoms with van der Waals surface area (Å²) in [5, 5.41) is 0.353. The molecule has 1 rings (SSSR count). The highest BCUT2D eigenvalue weighted by atomic mass is 35.5. The first-order valence-corrected chi connectivity index (χ1v) is 3.61. The number of ether oxygens (including phenoxy) is 1. The van der Waals surface area contributed by atoms with Gasteiger partial charge in [-0.3, -0.25) is 0 Å². The van der Waals surface area contributed by atoms with Gasteiger partial charge >= 0.3 is 0 Å². The molecule has 11 heavy (non-hydrogen) atoms. The fraction of sp³-hybridized carbons (Fsp3) is 0.429. The maximum absolute atomic E-state index is 5.64. The molecular weight excluding hydrogens is 166 g/mol. The van der Waals surface area contributed by atoms with E-state index in [2.05, 4.69) is 0 Å². The molecule has 62 valence electrons. The van der Waals surface area contributed by atoms with Crippen molar-refractivity contribution >= 4 is 11.6 Å². The predicted molar refractivity (Wildman–Crippen MR) is 42.5 cm³/mol. The molecule has 1 heterocycles. The summed E-state index contributed by atoms with van der Waals surface area (Å²) in [4.78, 5) is 0. The van der Waals surface area contributed by atoms with Gasteiger partial charge in [0.2, 0.25) is 0 Å². The average Bonchev–Trinajstić information content (AvgIpc) is 2.36. The van der Waals surface area contributed by atoms with Gasteiger partial charge in [0.1, 0.15) is 5.76 Å². The lowest BCUT2D eigenvalue weighted by atomic mass is 10.2. The number of nitrogens with two attached hydrogens (primary N) is 1. The third-order valence-electron chi connectivity index (χ3n) is 1.31. The van der Waals surface area contributed by atoms with Crippen LogP contribution in [0, 0.1) is 0 Å². The van der Waals surface area contributed by atoms with Crippen LogP contribution < -0.4 is 5.73 Å². The van der Waals surface area contributed by atoms with E-state index < -0.39 is 0 Å². The standard InChI is InChI=1S/C7H10ClNO2/c1-10-4-5(9)6-2-3-7(8)11-6/h2-3,5H,4,9H2,1H3/t5-/m0/s1. The largest absolute Gasteiger partial charge is 0.448 e. The van der Waals surface area contributed by atoms with E-state index in [4.69, 9.17) is 26.5 Å². The van der Waals surface area contributed by atoms with Crippen molar-refractivity contribution in [1.29, 1.82) is 0 Å². The van der Waals surface area contributed by atoms with Gasteiger partial charge in [0.05, 0.1) is 12.6 Å². The highest BCUT2D eigenvalue weighted by Crippen LogP contribution is 2.18. The maximum atomic E-state index is 5.64. The van der Waals surface area contributed by atoms with Gasteiger partial charge in [0.25, 0.3) is 0 Å². The molecule has 0 amide bonds. The summed E-state index contributed by atoms with van der Waals surface area (Å²) in [6.45, 7) is 0.434. The highest BCUT2D eigenvalue weighted by molar-refractivity contribution is 6.28. The number of rotatable bonds is 3. The van der Waals surface area contributed by atoms with Gasteiger partial charge in [0.15, 0.2) is 5.22 Å². The van der Waals surface area contributed by atoms with Gasteiger partial charge in [-0.05, 0) is 23.7 Å². The van der Waals surface area contributed by atoms with Crippen LogP contribution in [0.3, 0.4) is 0 Å². The predicted octanol–water partition coefficient (Wildman–Crippen LogP) is 1.58. The van der Waals surface area contributed by atoms with E-state index in [0.717, 1.165) is 0 Å². The molecule has 0 aliphatic rings. The van der Waals surface area contributed by atoms with Gasteiger partial charge in [0, 0.05) is 7.11 Å². The summed E-state index contributed by atoms with van der Waals surface area (Å²) < 4.78 is 9.90. The molecule has 0 unspecified atom stereocenters. The molecule has 3 nitrogen and oxygen atoms in total. The topological polar surface area (TPSA) is 48.4 Å². The Morgan fingerprint density at radius 2 is 2.45 bits per heavy atom. The molecular formula is C7H10ClNO2. The lowest BCUT2D eigenvalue weighted by Gasteiger charge is -2.05. The molecule has 0 saturated heterocycles. The fourth-order valence-corrected chi connectivity index (χ4v) is 0.941. The molecule has 1 aromatic heterocycles. The second kappa shape index (κ2) is 3.76. The van der Waals surface area contributed by atoms with E-state index in [-0.39, 0.29) is 6.04 Å². The number of furan rings is 1. The Hall–Kier alpha value is -0.510. The minimum Gasteiger partial charge on any atom is -0.448 e. The van der Waals surface area contributed by atoms with Gasteiger partial charge < -0.3 is 14.9 Å². The van der Waals surface area contributed by atoms with Crippen molar-refractivity contribution in [1.82, 2.24) is 0 Å². The van der Waals surface area contributed by atoms with E-state index in [0.29, 0.717) is 17.6 Å². The zero-order valence-electron chi connectivity index (χ0n) is 6.21. The molecule has 0 fully saturated rings. The molecule has 0 aromatic carbocycles. The van der Waals surface area contributed by atoms with Crippen molar-refractivity contribution in [3.63, 3.8) is 0 Å². The Kier molecular flexibility index (Phi) is 2.93. The Morgan fingerprint density at radius 1 is 1.73 bits per heavy atom. The van der Waals surface area contributed by atoms with Crippen LogP contribution in [0.15, 0.2) is 16.5 Å². The summed E-state index contributed by atoms with van der Waals surface area (Å²) >= 11 is 5.54. The molecule has 0 aliphatic carbocycles.